The van der Waals surface area contributed by atoms with Gasteiger partial charge in [0.2, 0.25) is 0 Å². The summed E-state index contributed by atoms with van der Waals surface area (Å²) in [7, 11) is 0. The highest BCUT2D eigenvalue weighted by Gasteiger charge is 2.06. The summed E-state index contributed by atoms with van der Waals surface area (Å²) < 4.78 is 3.34. The second kappa shape index (κ2) is 3.13. The largest absolute Gasteiger partial charge is 0.267 e. The van der Waals surface area contributed by atoms with E-state index in [9.17, 15) is 0 Å². The fourth-order valence-electron chi connectivity index (χ4n) is 1.17. The zero-order chi connectivity index (χ0) is 8.72. The van der Waals surface area contributed by atoms with Gasteiger partial charge in [-0.1, -0.05) is 6.07 Å². The van der Waals surface area contributed by atoms with Crippen LogP contribution in [0.2, 0.25) is 0 Å². The van der Waals surface area contributed by atoms with Crippen molar-refractivity contribution in [2.45, 2.75) is 6.92 Å². The van der Waals surface area contributed by atoms with Crippen molar-refractivity contribution in [3.05, 3.63) is 27.6 Å². The third-order valence-electron chi connectivity index (χ3n) is 1.73. The van der Waals surface area contributed by atoms with Crippen LogP contribution in [0, 0.1) is 10.5 Å². The summed E-state index contributed by atoms with van der Waals surface area (Å²) in [6.45, 7) is 2.02. The number of hydrogen-bond donors (Lipinski definition) is 0. The Kier molecular flexibility index (Phi) is 2.28. The average molecular weight is 384 g/mol. The number of nitrogens with zero attached hydrogens (tertiary/aromatic N) is 2. The van der Waals surface area contributed by atoms with Crippen molar-refractivity contribution in [2.24, 2.45) is 0 Å². The molecule has 2 aromatic rings. The van der Waals surface area contributed by atoms with Gasteiger partial charge in [0, 0.05) is 3.57 Å². The summed E-state index contributed by atoms with van der Waals surface area (Å²) in [5.41, 5.74) is 2.30. The first-order valence-corrected chi connectivity index (χ1v) is 5.54. The smallest absolute Gasteiger partial charge is 0.115 e. The zero-order valence-corrected chi connectivity index (χ0v) is 10.7. The zero-order valence-electron chi connectivity index (χ0n) is 6.38. The van der Waals surface area contributed by atoms with Gasteiger partial charge in [-0.3, -0.25) is 2.78 Å². The summed E-state index contributed by atoms with van der Waals surface area (Å²) in [6, 6.07) is 6.17. The van der Waals surface area contributed by atoms with Crippen molar-refractivity contribution in [3.8, 4) is 0 Å². The Hall–Kier alpha value is 0.150. The molecule has 0 radical (unpaired) electrons. The summed E-state index contributed by atoms with van der Waals surface area (Å²) in [5.74, 6) is 1.05. The van der Waals surface area contributed by atoms with Crippen LogP contribution in [0.3, 0.4) is 0 Å². The monoisotopic (exact) mass is 384 g/mol. The molecule has 0 N–H and O–H groups in total. The first-order valence-electron chi connectivity index (χ1n) is 3.50. The van der Waals surface area contributed by atoms with E-state index in [0.717, 1.165) is 11.3 Å². The number of rotatable bonds is 0. The number of halogens is 2. The molecule has 62 valence electrons. The first kappa shape index (κ1) is 8.74. The van der Waals surface area contributed by atoms with Crippen molar-refractivity contribution in [2.75, 3.05) is 0 Å². The van der Waals surface area contributed by atoms with Gasteiger partial charge in [-0.25, -0.2) is 4.98 Å². The van der Waals surface area contributed by atoms with E-state index in [-0.39, 0.29) is 0 Å². The third kappa shape index (κ3) is 1.24. The quantitative estimate of drug-likeness (QED) is 0.639. The number of imidazole rings is 1. The van der Waals surface area contributed by atoms with E-state index in [1.54, 1.807) is 0 Å². The number of hydrogen-bond acceptors (Lipinski definition) is 1. The molecule has 0 aliphatic heterocycles. The molecule has 12 heavy (non-hydrogen) atoms. The van der Waals surface area contributed by atoms with Gasteiger partial charge in [0.05, 0.1) is 33.9 Å². The van der Waals surface area contributed by atoms with Crippen molar-refractivity contribution in [1.82, 2.24) is 7.76 Å². The number of benzene rings is 1. The number of aromatic nitrogens is 2. The topological polar surface area (TPSA) is 17.8 Å². The Bertz CT molecular complexity index is 434. The standard InChI is InChI=1S/C8H6I2N2/c1-5-11-7-4-2-3-6(9)8(7)12(5)10/h2-4H,1H3. The molecule has 1 aromatic heterocycles. The fourth-order valence-corrected chi connectivity index (χ4v) is 2.97. The molecule has 0 aliphatic rings. The molecule has 0 spiro atoms. The fraction of sp³-hybridized carbons (Fsp3) is 0.125. The van der Waals surface area contributed by atoms with Crippen molar-refractivity contribution in [1.29, 1.82) is 0 Å². The normalized spacial score (nSPS) is 10.9. The van der Waals surface area contributed by atoms with E-state index in [1.807, 2.05) is 19.1 Å². The Morgan fingerprint density at radius 2 is 2.17 bits per heavy atom. The second-order valence-electron chi connectivity index (χ2n) is 2.55. The van der Waals surface area contributed by atoms with Crippen LogP contribution in [0.4, 0.5) is 0 Å². The Labute approximate surface area is 98.0 Å². The van der Waals surface area contributed by atoms with Gasteiger partial charge in [0.25, 0.3) is 0 Å². The molecule has 0 saturated carbocycles. The van der Waals surface area contributed by atoms with Crippen LogP contribution >= 0.6 is 45.5 Å². The highest BCUT2D eigenvalue weighted by Crippen LogP contribution is 2.23. The molecule has 1 aromatic carbocycles. The van der Waals surface area contributed by atoms with E-state index in [4.69, 9.17) is 0 Å². The van der Waals surface area contributed by atoms with Crippen molar-refractivity contribution in [3.63, 3.8) is 0 Å². The molecule has 0 aliphatic carbocycles. The Morgan fingerprint density at radius 1 is 1.42 bits per heavy atom. The van der Waals surface area contributed by atoms with Crippen LogP contribution in [-0.2, 0) is 0 Å². The van der Waals surface area contributed by atoms with E-state index in [0.29, 0.717) is 0 Å². The SMILES string of the molecule is Cc1nc2cccc(I)c2n1I. The highest BCUT2D eigenvalue weighted by molar-refractivity contribution is 14.1. The van der Waals surface area contributed by atoms with Gasteiger partial charge in [-0.15, -0.1) is 0 Å². The molecular weight excluding hydrogens is 378 g/mol. The summed E-state index contributed by atoms with van der Waals surface area (Å²) in [5, 5.41) is 0. The lowest BCUT2D eigenvalue weighted by Gasteiger charge is -1.95. The lowest BCUT2D eigenvalue weighted by Crippen LogP contribution is -1.83. The summed E-state index contributed by atoms with van der Waals surface area (Å²) in [6.07, 6.45) is 0. The molecule has 0 unspecified atom stereocenters. The lowest BCUT2D eigenvalue weighted by molar-refractivity contribution is 1.15. The molecule has 2 nitrogen and oxygen atoms in total. The minimum absolute atomic E-state index is 1.05. The maximum Gasteiger partial charge on any atom is 0.115 e. The van der Waals surface area contributed by atoms with E-state index in [1.165, 1.54) is 9.09 Å². The molecule has 0 bridgehead atoms. The van der Waals surface area contributed by atoms with E-state index >= 15 is 0 Å². The van der Waals surface area contributed by atoms with Gasteiger partial charge in [0.15, 0.2) is 0 Å². The summed E-state index contributed by atoms with van der Waals surface area (Å²) >= 11 is 4.60. The maximum atomic E-state index is 4.42. The minimum Gasteiger partial charge on any atom is -0.267 e. The average Bonchev–Trinajstić information content (AvgIpc) is 2.29. The van der Waals surface area contributed by atoms with Gasteiger partial charge >= 0.3 is 0 Å². The minimum atomic E-state index is 1.05. The number of aryl methyl sites for hydroxylation is 1. The molecule has 0 atom stereocenters. The van der Waals surface area contributed by atoms with Crippen LogP contribution in [0.1, 0.15) is 5.82 Å². The van der Waals surface area contributed by atoms with Crippen molar-refractivity contribution < 1.29 is 0 Å². The van der Waals surface area contributed by atoms with Gasteiger partial charge in [-0.05, 0) is 41.6 Å². The Balaban J connectivity index is 2.97. The molecule has 0 fully saturated rings. The van der Waals surface area contributed by atoms with Gasteiger partial charge in [0.1, 0.15) is 5.82 Å². The first-order chi connectivity index (χ1) is 5.70. The van der Waals surface area contributed by atoms with Crippen LogP contribution < -0.4 is 0 Å². The third-order valence-corrected chi connectivity index (χ3v) is 3.78. The van der Waals surface area contributed by atoms with Crippen LogP contribution in [0.25, 0.3) is 11.0 Å². The van der Waals surface area contributed by atoms with Gasteiger partial charge < -0.3 is 0 Å². The van der Waals surface area contributed by atoms with Crippen molar-refractivity contribution >= 4 is 56.5 Å². The van der Waals surface area contributed by atoms with Gasteiger partial charge in [-0.2, -0.15) is 0 Å². The number of fused-ring (bicyclic) bond motifs is 1. The van der Waals surface area contributed by atoms with Crippen LogP contribution in [0.5, 0.6) is 0 Å². The highest BCUT2D eigenvalue weighted by atomic mass is 127. The molecule has 0 amide bonds. The summed E-state index contributed by atoms with van der Waals surface area (Å²) in [4.78, 5) is 4.42. The predicted octanol–water partition coefficient (Wildman–Crippen LogP) is 3.15. The molecule has 4 heteroatoms. The maximum absolute atomic E-state index is 4.42. The molecule has 1 heterocycles. The van der Waals surface area contributed by atoms with Crippen LogP contribution in [-0.4, -0.2) is 7.76 Å². The van der Waals surface area contributed by atoms with E-state index < -0.39 is 0 Å². The molecular formula is C8H6I2N2. The predicted molar refractivity (Wildman–Crippen MR) is 66.6 cm³/mol. The molecule has 2 rings (SSSR count). The Morgan fingerprint density at radius 3 is 2.83 bits per heavy atom. The van der Waals surface area contributed by atoms with E-state index in [2.05, 4.69) is 59.3 Å². The lowest BCUT2D eigenvalue weighted by atomic mass is 10.3. The van der Waals surface area contributed by atoms with Crippen LogP contribution in [0.15, 0.2) is 18.2 Å². The number of para-hydroxylation sites is 1. The second-order valence-corrected chi connectivity index (χ2v) is 4.67. The molecule has 0 saturated heterocycles.